The maximum atomic E-state index is 12.8. The third-order valence-corrected chi connectivity index (χ3v) is 10.8. The van der Waals surface area contributed by atoms with Crippen LogP contribution in [0.2, 0.25) is 0 Å². The third-order valence-electron chi connectivity index (χ3n) is 9.81. The number of unbranched alkanes of at least 4 members (excludes halogenated alkanes) is 12. The summed E-state index contributed by atoms with van der Waals surface area (Å²) in [4.78, 5) is 23.1. The number of phosphoric acid groups is 1. The standard InChI is InChI=1S/C46H79O12P/c1-3-5-7-9-11-13-15-17-19-20-21-22-24-26-28-30-32-34-36-55-37-39(38-56-59(53,54)58-46-44(51)42(49)41(48)43(50)45(46)52)57-40(47)35-33-31-29-27-25-23-18-16-14-12-10-8-6-4-2/h5,7,11,13,16-19,21-22,26,28,39,41-46,48-52H,3-4,6,8-10,12,14-15,20,23-25,27,29-38H2,1-2H3,(H,53,54)/b7-5-,13-11-,18-16-,19-17-,22-21-,28-26-. The van der Waals surface area contributed by atoms with E-state index in [0.29, 0.717) is 13.0 Å². The highest BCUT2D eigenvalue weighted by Crippen LogP contribution is 2.47. The van der Waals surface area contributed by atoms with Gasteiger partial charge in [-0.2, -0.15) is 0 Å². The van der Waals surface area contributed by atoms with Gasteiger partial charge in [-0.25, -0.2) is 4.57 Å². The van der Waals surface area contributed by atoms with E-state index in [9.17, 15) is 39.8 Å². The SMILES string of the molecule is CC/C=C\C/C=C\C/C=C\C/C=C\C/C=C\CCCCOCC(COP(=O)(O)OC1C(O)C(O)C(O)C(O)C1O)OC(=O)CCCCCCC/C=C\CCCCCCC. The molecule has 6 atom stereocenters. The van der Waals surface area contributed by atoms with Gasteiger partial charge in [-0.05, 0) is 83.5 Å². The Balaban J connectivity index is 2.47. The minimum absolute atomic E-state index is 0.113. The lowest BCUT2D eigenvalue weighted by atomic mass is 9.85. The van der Waals surface area contributed by atoms with E-state index in [0.717, 1.165) is 89.9 Å². The van der Waals surface area contributed by atoms with Crippen LogP contribution in [0, 0.1) is 0 Å². The molecule has 0 saturated heterocycles. The van der Waals surface area contributed by atoms with Crippen molar-refractivity contribution in [1.82, 2.24) is 0 Å². The summed E-state index contributed by atoms with van der Waals surface area (Å²) in [6, 6.07) is 0. The first-order valence-corrected chi connectivity index (χ1v) is 23.8. The van der Waals surface area contributed by atoms with Gasteiger partial charge in [0.15, 0.2) is 0 Å². The Morgan fingerprint density at radius 2 is 1.00 bits per heavy atom. The van der Waals surface area contributed by atoms with Crippen molar-refractivity contribution >= 4 is 13.8 Å². The quantitative estimate of drug-likeness (QED) is 0.0152. The summed E-state index contributed by atoms with van der Waals surface area (Å²) in [5, 5.41) is 50.1. The number of esters is 1. The number of carbonyl (C=O) groups excluding carboxylic acids is 1. The van der Waals surface area contributed by atoms with E-state index in [2.05, 4.69) is 86.8 Å². The van der Waals surface area contributed by atoms with Gasteiger partial charge in [0.2, 0.25) is 0 Å². The Kier molecular flexibility index (Phi) is 33.8. The molecule has 340 valence electrons. The smallest absolute Gasteiger partial charge is 0.457 e. The van der Waals surface area contributed by atoms with Gasteiger partial charge in [0.25, 0.3) is 0 Å². The minimum atomic E-state index is -5.03. The number of rotatable bonds is 36. The summed E-state index contributed by atoms with van der Waals surface area (Å²) in [6.07, 6.45) is 34.0. The number of aliphatic hydroxyl groups excluding tert-OH is 5. The summed E-state index contributed by atoms with van der Waals surface area (Å²) in [7, 11) is -5.03. The highest BCUT2D eigenvalue weighted by Gasteiger charge is 2.51. The molecular weight excluding hydrogens is 775 g/mol. The number of hydrogen-bond acceptors (Lipinski definition) is 11. The van der Waals surface area contributed by atoms with Crippen LogP contribution in [-0.2, 0) is 27.9 Å². The second kappa shape index (κ2) is 36.4. The molecule has 6 unspecified atom stereocenters. The fourth-order valence-corrected chi connectivity index (χ4v) is 7.23. The van der Waals surface area contributed by atoms with Crippen LogP contribution in [0.1, 0.15) is 149 Å². The van der Waals surface area contributed by atoms with Gasteiger partial charge < -0.3 is 39.9 Å². The minimum Gasteiger partial charge on any atom is -0.457 e. The van der Waals surface area contributed by atoms with Crippen LogP contribution in [0.3, 0.4) is 0 Å². The van der Waals surface area contributed by atoms with Gasteiger partial charge in [0.1, 0.15) is 42.7 Å². The van der Waals surface area contributed by atoms with E-state index in [1.165, 1.54) is 32.1 Å². The molecule has 12 nitrogen and oxygen atoms in total. The van der Waals surface area contributed by atoms with Crippen molar-refractivity contribution in [3.63, 3.8) is 0 Å². The maximum absolute atomic E-state index is 12.8. The molecule has 0 aromatic heterocycles. The molecular formula is C46H79O12P. The Morgan fingerprint density at radius 1 is 0.559 bits per heavy atom. The lowest BCUT2D eigenvalue weighted by molar-refractivity contribution is -0.220. The lowest BCUT2D eigenvalue weighted by Crippen LogP contribution is -2.64. The lowest BCUT2D eigenvalue weighted by Gasteiger charge is -2.41. The number of aliphatic hydroxyl groups is 5. The van der Waals surface area contributed by atoms with Crippen molar-refractivity contribution in [3.8, 4) is 0 Å². The molecule has 1 aliphatic rings. The number of ether oxygens (including phenoxy) is 2. The summed E-state index contributed by atoms with van der Waals surface area (Å²) < 4.78 is 34.1. The van der Waals surface area contributed by atoms with Crippen molar-refractivity contribution in [3.05, 3.63) is 72.9 Å². The van der Waals surface area contributed by atoms with E-state index in [-0.39, 0.29) is 13.0 Å². The summed E-state index contributed by atoms with van der Waals surface area (Å²) in [5.41, 5.74) is 0. The van der Waals surface area contributed by atoms with Crippen LogP contribution in [-0.4, -0.2) is 98.9 Å². The average molecular weight is 855 g/mol. The molecule has 0 spiro atoms. The number of carbonyl (C=O) groups is 1. The molecule has 59 heavy (non-hydrogen) atoms. The first kappa shape index (κ1) is 54.8. The second-order valence-electron chi connectivity index (χ2n) is 15.2. The Bertz CT molecular complexity index is 1250. The van der Waals surface area contributed by atoms with Crippen molar-refractivity contribution in [1.29, 1.82) is 0 Å². The van der Waals surface area contributed by atoms with Gasteiger partial charge in [-0.15, -0.1) is 0 Å². The van der Waals surface area contributed by atoms with Crippen LogP contribution < -0.4 is 0 Å². The van der Waals surface area contributed by atoms with Gasteiger partial charge in [0.05, 0.1) is 13.2 Å². The molecule has 0 aliphatic heterocycles. The van der Waals surface area contributed by atoms with Crippen LogP contribution in [0.25, 0.3) is 0 Å². The molecule has 0 heterocycles. The monoisotopic (exact) mass is 855 g/mol. The molecule has 1 rings (SSSR count). The molecule has 0 bridgehead atoms. The first-order chi connectivity index (χ1) is 28.5. The molecule has 6 N–H and O–H groups in total. The Labute approximate surface area is 355 Å². The van der Waals surface area contributed by atoms with Crippen LogP contribution in [0.15, 0.2) is 72.9 Å². The van der Waals surface area contributed by atoms with Crippen molar-refractivity contribution in [2.24, 2.45) is 0 Å². The highest BCUT2D eigenvalue weighted by atomic mass is 31.2. The fourth-order valence-electron chi connectivity index (χ4n) is 6.26. The highest BCUT2D eigenvalue weighted by molar-refractivity contribution is 7.47. The van der Waals surface area contributed by atoms with Crippen LogP contribution in [0.4, 0.5) is 0 Å². The normalized spacial score (nSPS) is 23.2. The topological polar surface area (TPSA) is 192 Å². The largest absolute Gasteiger partial charge is 0.472 e. The first-order valence-electron chi connectivity index (χ1n) is 22.3. The Morgan fingerprint density at radius 3 is 1.54 bits per heavy atom. The van der Waals surface area contributed by atoms with Gasteiger partial charge in [-0.1, -0.05) is 132 Å². The van der Waals surface area contributed by atoms with Crippen molar-refractivity contribution in [2.45, 2.75) is 191 Å². The van der Waals surface area contributed by atoms with E-state index in [1.807, 2.05) is 0 Å². The molecule has 1 aliphatic carbocycles. The predicted molar refractivity (Wildman–Crippen MR) is 235 cm³/mol. The number of hydrogen-bond donors (Lipinski definition) is 6. The van der Waals surface area contributed by atoms with E-state index in [4.69, 9.17) is 18.5 Å². The van der Waals surface area contributed by atoms with Crippen molar-refractivity contribution in [2.75, 3.05) is 19.8 Å². The Hall–Kier alpha value is -2.22. The zero-order chi connectivity index (χ0) is 43.4. The summed E-state index contributed by atoms with van der Waals surface area (Å²) in [6.45, 7) is 4.00. The number of phosphoric ester groups is 1. The zero-order valence-corrected chi connectivity index (χ0v) is 36.9. The molecule has 0 radical (unpaired) electrons. The maximum Gasteiger partial charge on any atom is 0.472 e. The predicted octanol–water partition coefficient (Wildman–Crippen LogP) is 8.80. The zero-order valence-electron chi connectivity index (χ0n) is 36.0. The van der Waals surface area contributed by atoms with Gasteiger partial charge in [-0.3, -0.25) is 13.8 Å². The average Bonchev–Trinajstić information content (AvgIpc) is 3.22. The summed E-state index contributed by atoms with van der Waals surface area (Å²) >= 11 is 0. The summed E-state index contributed by atoms with van der Waals surface area (Å²) in [5.74, 6) is -0.505. The van der Waals surface area contributed by atoms with E-state index < -0.39 is 63.1 Å². The van der Waals surface area contributed by atoms with Gasteiger partial charge in [0, 0.05) is 13.0 Å². The van der Waals surface area contributed by atoms with Crippen LogP contribution >= 0.6 is 7.82 Å². The molecule has 1 saturated carbocycles. The second-order valence-corrected chi connectivity index (χ2v) is 16.6. The number of allylic oxidation sites excluding steroid dienone is 12. The third kappa shape index (κ3) is 28.9. The molecule has 1 fully saturated rings. The van der Waals surface area contributed by atoms with E-state index >= 15 is 0 Å². The molecule has 0 aromatic rings. The fraction of sp³-hybridized carbons (Fsp3) is 0.717. The molecule has 0 amide bonds. The van der Waals surface area contributed by atoms with Crippen LogP contribution in [0.5, 0.6) is 0 Å². The molecule has 13 heteroatoms. The molecule has 0 aromatic carbocycles. The van der Waals surface area contributed by atoms with Crippen molar-refractivity contribution < 1.29 is 58.3 Å². The van der Waals surface area contributed by atoms with Gasteiger partial charge >= 0.3 is 13.8 Å². The van der Waals surface area contributed by atoms with E-state index in [1.54, 1.807) is 0 Å².